The summed E-state index contributed by atoms with van der Waals surface area (Å²) in [6, 6.07) is -1.39. The highest BCUT2D eigenvalue weighted by Gasteiger charge is 2.18. The summed E-state index contributed by atoms with van der Waals surface area (Å²) >= 11 is 0. The summed E-state index contributed by atoms with van der Waals surface area (Å²) < 4.78 is 5.89. The summed E-state index contributed by atoms with van der Waals surface area (Å²) in [5.74, 6) is -2.42. The van der Waals surface area contributed by atoms with E-state index < -0.39 is 24.5 Å². The number of esters is 1. The number of unbranched alkanes of at least 4 members (excludes halogenated alkanes) is 21. The second-order valence-electron chi connectivity index (χ2n) is 14.8. The van der Waals surface area contributed by atoms with Crippen molar-refractivity contribution < 1.29 is 34.1 Å². The summed E-state index contributed by atoms with van der Waals surface area (Å²) in [6.07, 6.45) is 44.8. The second-order valence-corrected chi connectivity index (χ2v) is 14.8. The van der Waals surface area contributed by atoms with Crippen LogP contribution >= 0.6 is 0 Å². The normalized spacial score (nSPS) is 12.8. The molecule has 54 heavy (non-hydrogen) atoms. The van der Waals surface area contributed by atoms with Crippen LogP contribution in [0.4, 0.5) is 0 Å². The number of ether oxygens (including phenoxy) is 1. The van der Waals surface area contributed by atoms with Crippen LogP contribution in [-0.2, 0) is 23.9 Å². The molecular weight excluding hydrogens is 681 g/mol. The predicted octanol–water partition coefficient (Wildman–Crippen LogP) is 10.6. The Bertz CT molecular complexity index is 1010. The predicted molar refractivity (Wildman–Crippen MR) is 222 cm³/mol. The molecule has 312 valence electrons. The number of amides is 2. The van der Waals surface area contributed by atoms with Crippen LogP contribution in [0, 0.1) is 0 Å². The molecule has 9 nitrogen and oxygen atoms in total. The lowest BCUT2D eigenvalue weighted by Crippen LogP contribution is -2.47. The molecule has 0 heterocycles. The number of carboxylic acids is 1. The highest BCUT2D eigenvalue weighted by Crippen LogP contribution is 2.15. The zero-order valence-electron chi connectivity index (χ0n) is 34.5. The maximum absolute atomic E-state index is 12.7. The molecule has 0 aromatic carbocycles. The molecule has 0 bridgehead atoms. The Balaban J connectivity index is 4.29. The number of nitrogens with one attached hydrogen (secondary N) is 2. The van der Waals surface area contributed by atoms with E-state index in [-0.39, 0.29) is 30.9 Å². The molecule has 0 aliphatic rings. The summed E-state index contributed by atoms with van der Waals surface area (Å²) in [5.41, 5.74) is 0. The minimum absolute atomic E-state index is 0.131. The van der Waals surface area contributed by atoms with Crippen LogP contribution in [-0.4, -0.2) is 59.3 Å². The molecule has 0 aromatic rings. The number of hydrogen-bond acceptors (Lipinski definition) is 6. The van der Waals surface area contributed by atoms with Crippen molar-refractivity contribution in [2.24, 2.45) is 0 Å². The quantitative estimate of drug-likeness (QED) is 0.0277. The molecule has 4 N–H and O–H groups in total. The van der Waals surface area contributed by atoms with Gasteiger partial charge in [0.1, 0.15) is 12.1 Å². The van der Waals surface area contributed by atoms with Crippen LogP contribution in [0.15, 0.2) is 36.5 Å². The van der Waals surface area contributed by atoms with Crippen molar-refractivity contribution in [1.29, 1.82) is 0 Å². The molecule has 2 atom stereocenters. The van der Waals surface area contributed by atoms with Gasteiger partial charge in [0, 0.05) is 12.8 Å². The molecular formula is C45H80N2O7. The Morgan fingerprint density at radius 1 is 0.574 bits per heavy atom. The fourth-order valence-corrected chi connectivity index (χ4v) is 6.19. The van der Waals surface area contributed by atoms with Gasteiger partial charge in [0.15, 0.2) is 0 Å². The number of aliphatic hydroxyl groups excluding tert-OH is 1. The summed E-state index contributed by atoms with van der Waals surface area (Å²) in [5, 5.41) is 22.5. The third-order valence-corrected chi connectivity index (χ3v) is 9.59. The van der Waals surface area contributed by atoms with Crippen LogP contribution in [0.1, 0.15) is 200 Å². The van der Waals surface area contributed by atoms with Crippen LogP contribution in [0.2, 0.25) is 0 Å². The van der Waals surface area contributed by atoms with Crippen molar-refractivity contribution in [3.63, 3.8) is 0 Å². The lowest BCUT2D eigenvalue weighted by molar-refractivity contribution is -0.147. The van der Waals surface area contributed by atoms with Gasteiger partial charge >= 0.3 is 11.9 Å². The number of carbonyl (C=O) groups is 4. The summed E-state index contributed by atoms with van der Waals surface area (Å²) in [6.45, 7) is 3.42. The number of carbonyl (C=O) groups excluding carboxylic acids is 3. The first-order valence-electron chi connectivity index (χ1n) is 21.9. The number of aliphatic carboxylic acids is 1. The number of aliphatic hydroxyl groups is 1. The van der Waals surface area contributed by atoms with Crippen molar-refractivity contribution >= 4 is 23.8 Å². The first-order chi connectivity index (χ1) is 26.3. The second kappa shape index (κ2) is 39.7. The molecule has 0 saturated heterocycles. The van der Waals surface area contributed by atoms with Gasteiger partial charge in [-0.05, 0) is 76.7 Å². The Labute approximate surface area is 329 Å². The molecule has 9 heteroatoms. The molecule has 0 aliphatic heterocycles. The minimum atomic E-state index is -1.39. The maximum atomic E-state index is 12.7. The minimum Gasteiger partial charge on any atom is -0.480 e. The zero-order chi connectivity index (χ0) is 39.7. The van der Waals surface area contributed by atoms with Crippen molar-refractivity contribution in [1.82, 2.24) is 10.6 Å². The van der Waals surface area contributed by atoms with Gasteiger partial charge in [-0.15, -0.1) is 0 Å². The van der Waals surface area contributed by atoms with Crippen LogP contribution in [0.5, 0.6) is 0 Å². The molecule has 0 spiro atoms. The Hall–Kier alpha value is -2.94. The van der Waals surface area contributed by atoms with Gasteiger partial charge in [-0.1, -0.05) is 147 Å². The molecule has 0 saturated carbocycles. The van der Waals surface area contributed by atoms with Gasteiger partial charge in [0.05, 0.1) is 13.2 Å². The van der Waals surface area contributed by atoms with E-state index in [0.29, 0.717) is 12.8 Å². The number of allylic oxidation sites excluding steroid dienone is 5. The van der Waals surface area contributed by atoms with Gasteiger partial charge in [0.2, 0.25) is 11.8 Å². The number of rotatable bonds is 39. The van der Waals surface area contributed by atoms with E-state index in [1.807, 2.05) is 6.08 Å². The molecule has 2 unspecified atom stereocenters. The van der Waals surface area contributed by atoms with Gasteiger partial charge < -0.3 is 25.6 Å². The molecule has 0 radical (unpaired) electrons. The monoisotopic (exact) mass is 761 g/mol. The lowest BCUT2D eigenvalue weighted by atomic mass is 10.1. The highest BCUT2D eigenvalue weighted by atomic mass is 16.5. The zero-order valence-corrected chi connectivity index (χ0v) is 34.5. The molecule has 0 rings (SSSR count). The standard InChI is InChI=1S/C45H80N2O7/c1-3-5-7-9-11-13-14-15-16-17-18-19-20-21-23-25-27-33-37-44(51)54-40(34-30-26-24-22-12-10-8-6-4-2)35-31-28-29-32-36-42(49)46-38-43(50)47-41(39-48)45(52)53/h16-17,22,24,30,34,40-41,48H,3-15,18-21,23,25-29,31-33,35-39H2,1-2H3,(H,46,49)(H,47,50)(H,52,53)/b17-16-,24-22-,34-30-. The van der Waals surface area contributed by atoms with Gasteiger partial charge in [-0.25, -0.2) is 4.79 Å². The fourth-order valence-electron chi connectivity index (χ4n) is 6.19. The third kappa shape index (κ3) is 36.1. The van der Waals surface area contributed by atoms with E-state index in [4.69, 9.17) is 14.9 Å². The summed E-state index contributed by atoms with van der Waals surface area (Å²) in [7, 11) is 0. The van der Waals surface area contributed by atoms with E-state index in [1.54, 1.807) is 0 Å². The molecule has 0 fully saturated rings. The van der Waals surface area contributed by atoms with Crippen LogP contribution in [0.3, 0.4) is 0 Å². The first kappa shape index (κ1) is 51.1. The van der Waals surface area contributed by atoms with E-state index in [1.165, 1.54) is 109 Å². The van der Waals surface area contributed by atoms with Gasteiger partial charge in [-0.3, -0.25) is 14.4 Å². The van der Waals surface area contributed by atoms with Crippen molar-refractivity contribution in [2.45, 2.75) is 212 Å². The van der Waals surface area contributed by atoms with Gasteiger partial charge in [0.25, 0.3) is 0 Å². The van der Waals surface area contributed by atoms with E-state index in [2.05, 4.69) is 54.9 Å². The molecule has 0 aromatic heterocycles. The average molecular weight is 761 g/mol. The highest BCUT2D eigenvalue weighted by molar-refractivity contribution is 5.87. The van der Waals surface area contributed by atoms with Crippen molar-refractivity contribution in [3.05, 3.63) is 36.5 Å². The Morgan fingerprint density at radius 3 is 1.61 bits per heavy atom. The fraction of sp³-hybridized carbons (Fsp3) is 0.778. The number of hydrogen-bond donors (Lipinski definition) is 4. The largest absolute Gasteiger partial charge is 0.480 e. The maximum Gasteiger partial charge on any atom is 0.328 e. The molecule has 2 amide bonds. The average Bonchev–Trinajstić information content (AvgIpc) is 3.15. The van der Waals surface area contributed by atoms with E-state index >= 15 is 0 Å². The van der Waals surface area contributed by atoms with Crippen molar-refractivity contribution in [2.75, 3.05) is 13.2 Å². The Morgan fingerprint density at radius 2 is 1.06 bits per heavy atom. The topological polar surface area (TPSA) is 142 Å². The molecule has 0 aliphatic carbocycles. The SMILES string of the molecule is CCCCCC/C=C\C/C=C\C(CCCCCCC(=O)NCC(=O)NC(CO)C(=O)O)OC(=O)CCCCCCCCC/C=C\CCCCCCCCC. The van der Waals surface area contributed by atoms with Crippen molar-refractivity contribution in [3.8, 4) is 0 Å². The Kier molecular flexibility index (Phi) is 37.6. The lowest BCUT2D eigenvalue weighted by Gasteiger charge is -2.15. The van der Waals surface area contributed by atoms with E-state index in [9.17, 15) is 19.2 Å². The number of carboxylic acid groups (broad SMARTS) is 1. The first-order valence-corrected chi connectivity index (χ1v) is 21.9. The van der Waals surface area contributed by atoms with Crippen LogP contribution < -0.4 is 10.6 Å². The smallest absolute Gasteiger partial charge is 0.328 e. The summed E-state index contributed by atoms with van der Waals surface area (Å²) in [4.78, 5) is 47.5. The third-order valence-electron chi connectivity index (χ3n) is 9.59. The van der Waals surface area contributed by atoms with E-state index in [0.717, 1.165) is 57.8 Å². The van der Waals surface area contributed by atoms with Crippen LogP contribution in [0.25, 0.3) is 0 Å². The van der Waals surface area contributed by atoms with Gasteiger partial charge in [-0.2, -0.15) is 0 Å².